The van der Waals surface area contributed by atoms with Crippen molar-refractivity contribution in [3.8, 4) is 11.5 Å². The molecule has 4 amide bonds. The smallest absolute Gasteiger partial charge is 0.335 e. The summed E-state index contributed by atoms with van der Waals surface area (Å²) in [6.45, 7) is 0.196. The molecule has 3 aromatic rings. The standard InChI is InChI=1S/C24H15BrCl2N2O5/c25-19-10-13(1-8-21(19)30)9-18-22(31)28-24(33)29(23(18)32)16-4-6-17(7-5-16)34-12-14-2-3-15(26)11-20(14)27/h1-11,30H,12H2,(H,28,31,33)/b18-9+. The Balaban J connectivity index is 1.53. The molecule has 1 aliphatic rings. The van der Waals surface area contributed by atoms with Gasteiger partial charge in [0, 0.05) is 15.6 Å². The number of hydrogen-bond donors (Lipinski definition) is 2. The van der Waals surface area contributed by atoms with Crippen molar-refractivity contribution in [1.29, 1.82) is 0 Å². The molecule has 0 spiro atoms. The maximum Gasteiger partial charge on any atom is 0.335 e. The maximum atomic E-state index is 13.0. The molecular weight excluding hydrogens is 547 g/mol. The number of nitrogens with one attached hydrogen (secondary N) is 1. The molecule has 2 N–H and O–H groups in total. The minimum Gasteiger partial charge on any atom is -0.507 e. The number of aromatic hydroxyl groups is 1. The maximum absolute atomic E-state index is 13.0. The molecule has 10 heteroatoms. The molecule has 172 valence electrons. The van der Waals surface area contributed by atoms with Gasteiger partial charge in [-0.05, 0) is 76.1 Å². The fourth-order valence-electron chi connectivity index (χ4n) is 3.16. The molecule has 4 rings (SSSR count). The molecule has 1 aliphatic heterocycles. The van der Waals surface area contributed by atoms with Gasteiger partial charge in [0.1, 0.15) is 23.7 Å². The number of anilines is 1. The van der Waals surface area contributed by atoms with Gasteiger partial charge in [-0.25, -0.2) is 9.69 Å². The van der Waals surface area contributed by atoms with E-state index in [-0.39, 0.29) is 23.6 Å². The Morgan fingerprint density at radius 1 is 1.00 bits per heavy atom. The summed E-state index contributed by atoms with van der Waals surface area (Å²) in [6.07, 6.45) is 1.34. The normalized spacial score (nSPS) is 15.0. The summed E-state index contributed by atoms with van der Waals surface area (Å²) < 4.78 is 6.12. The van der Waals surface area contributed by atoms with Crippen LogP contribution in [0.1, 0.15) is 11.1 Å². The average Bonchev–Trinajstić information content (AvgIpc) is 2.79. The lowest BCUT2D eigenvalue weighted by Crippen LogP contribution is -2.54. The topological polar surface area (TPSA) is 95.9 Å². The van der Waals surface area contributed by atoms with Gasteiger partial charge in [0.15, 0.2) is 0 Å². The van der Waals surface area contributed by atoms with Crippen molar-refractivity contribution in [2.45, 2.75) is 6.61 Å². The lowest BCUT2D eigenvalue weighted by atomic mass is 10.1. The molecule has 1 saturated heterocycles. The number of carbonyl (C=O) groups excluding carboxylic acids is 3. The largest absolute Gasteiger partial charge is 0.507 e. The first-order valence-corrected chi connectivity index (χ1v) is 11.3. The molecule has 7 nitrogen and oxygen atoms in total. The fraction of sp³-hybridized carbons (Fsp3) is 0.0417. The van der Waals surface area contributed by atoms with Crippen LogP contribution in [0.4, 0.5) is 10.5 Å². The van der Waals surface area contributed by atoms with E-state index in [1.54, 1.807) is 36.4 Å². The van der Waals surface area contributed by atoms with E-state index < -0.39 is 17.8 Å². The predicted octanol–water partition coefficient (Wildman–Crippen LogP) is 5.71. The number of amides is 4. The monoisotopic (exact) mass is 560 g/mol. The van der Waals surface area contributed by atoms with Gasteiger partial charge in [0.05, 0.1) is 10.2 Å². The summed E-state index contributed by atoms with van der Waals surface area (Å²) in [6, 6.07) is 15.0. The van der Waals surface area contributed by atoms with Crippen molar-refractivity contribution in [3.05, 3.63) is 91.9 Å². The van der Waals surface area contributed by atoms with Crippen LogP contribution >= 0.6 is 39.1 Å². The van der Waals surface area contributed by atoms with Gasteiger partial charge in [0.2, 0.25) is 0 Å². The van der Waals surface area contributed by atoms with Crippen molar-refractivity contribution in [3.63, 3.8) is 0 Å². The van der Waals surface area contributed by atoms with E-state index in [2.05, 4.69) is 21.2 Å². The molecule has 0 saturated carbocycles. The number of phenols is 1. The van der Waals surface area contributed by atoms with Gasteiger partial charge in [0.25, 0.3) is 11.8 Å². The molecule has 0 atom stereocenters. The second kappa shape index (κ2) is 9.89. The number of barbiturate groups is 1. The molecule has 1 heterocycles. The van der Waals surface area contributed by atoms with Gasteiger partial charge < -0.3 is 9.84 Å². The first-order valence-electron chi connectivity index (χ1n) is 9.79. The minimum absolute atomic E-state index is 0.0130. The van der Waals surface area contributed by atoms with Crippen LogP contribution in [0.25, 0.3) is 6.08 Å². The molecule has 34 heavy (non-hydrogen) atoms. The fourth-order valence-corrected chi connectivity index (χ4v) is 4.02. The van der Waals surface area contributed by atoms with Crippen LogP contribution in [0.3, 0.4) is 0 Å². The van der Waals surface area contributed by atoms with Crippen LogP contribution in [-0.4, -0.2) is 23.0 Å². The summed E-state index contributed by atoms with van der Waals surface area (Å²) >= 11 is 15.2. The van der Waals surface area contributed by atoms with Gasteiger partial charge in [-0.2, -0.15) is 0 Å². The lowest BCUT2D eigenvalue weighted by molar-refractivity contribution is -0.122. The Kier molecular flexibility index (Phi) is 6.92. The van der Waals surface area contributed by atoms with Crippen molar-refractivity contribution in [2.24, 2.45) is 0 Å². The average molecular weight is 562 g/mol. The number of benzene rings is 3. The van der Waals surface area contributed by atoms with Crippen molar-refractivity contribution < 1.29 is 24.2 Å². The number of ether oxygens (including phenoxy) is 1. The number of phenolic OH excluding ortho intramolecular Hbond substituents is 1. The Morgan fingerprint density at radius 2 is 1.74 bits per heavy atom. The van der Waals surface area contributed by atoms with Gasteiger partial charge >= 0.3 is 6.03 Å². The third-order valence-corrected chi connectivity index (χ3v) is 6.11. The number of urea groups is 1. The van der Waals surface area contributed by atoms with E-state index in [4.69, 9.17) is 27.9 Å². The third kappa shape index (κ3) is 5.09. The summed E-state index contributed by atoms with van der Waals surface area (Å²) in [7, 11) is 0. The van der Waals surface area contributed by atoms with Gasteiger partial charge in [-0.1, -0.05) is 35.3 Å². The van der Waals surface area contributed by atoms with Crippen LogP contribution < -0.4 is 15.0 Å². The van der Waals surface area contributed by atoms with Crippen molar-refractivity contribution >= 4 is 68.7 Å². The summed E-state index contributed by atoms with van der Waals surface area (Å²) in [5.41, 5.74) is 1.26. The zero-order valence-electron chi connectivity index (χ0n) is 17.2. The van der Waals surface area contributed by atoms with E-state index in [1.165, 1.54) is 30.3 Å². The molecular formula is C24H15BrCl2N2O5. The van der Waals surface area contributed by atoms with Crippen molar-refractivity contribution in [1.82, 2.24) is 5.32 Å². The first-order chi connectivity index (χ1) is 16.2. The SMILES string of the molecule is O=C1NC(=O)N(c2ccc(OCc3ccc(Cl)cc3Cl)cc2)C(=O)/C1=C/c1ccc(O)c(Br)c1. The predicted molar refractivity (Wildman–Crippen MR) is 132 cm³/mol. The van der Waals surface area contributed by atoms with E-state index in [0.717, 1.165) is 10.5 Å². The second-order valence-corrected chi connectivity index (χ2v) is 8.88. The number of carbonyl (C=O) groups is 3. The summed E-state index contributed by atoms with van der Waals surface area (Å²) in [4.78, 5) is 38.6. The van der Waals surface area contributed by atoms with E-state index in [0.29, 0.717) is 25.8 Å². The Morgan fingerprint density at radius 3 is 2.41 bits per heavy atom. The quantitative estimate of drug-likeness (QED) is 0.307. The molecule has 0 unspecified atom stereocenters. The zero-order valence-corrected chi connectivity index (χ0v) is 20.3. The highest BCUT2D eigenvalue weighted by Gasteiger charge is 2.36. The third-order valence-electron chi connectivity index (χ3n) is 4.89. The van der Waals surface area contributed by atoms with Crippen LogP contribution in [0.2, 0.25) is 10.0 Å². The number of hydrogen-bond acceptors (Lipinski definition) is 5. The van der Waals surface area contributed by atoms with E-state index in [9.17, 15) is 19.5 Å². The highest BCUT2D eigenvalue weighted by Crippen LogP contribution is 2.28. The minimum atomic E-state index is -0.861. The summed E-state index contributed by atoms with van der Waals surface area (Å²) in [5.74, 6) is -1.09. The molecule has 0 aliphatic carbocycles. The molecule has 0 radical (unpaired) electrons. The van der Waals surface area contributed by atoms with Crippen LogP contribution in [-0.2, 0) is 16.2 Å². The molecule has 3 aromatic carbocycles. The number of rotatable bonds is 5. The van der Waals surface area contributed by atoms with Crippen LogP contribution in [0.15, 0.2) is 70.7 Å². The lowest BCUT2D eigenvalue weighted by Gasteiger charge is -2.26. The number of nitrogens with zero attached hydrogens (tertiary/aromatic N) is 1. The van der Waals surface area contributed by atoms with Crippen molar-refractivity contribution in [2.75, 3.05) is 4.90 Å². The zero-order chi connectivity index (χ0) is 24.4. The van der Waals surface area contributed by atoms with Crippen LogP contribution in [0.5, 0.6) is 11.5 Å². The number of halogens is 3. The molecule has 1 fully saturated rings. The van der Waals surface area contributed by atoms with Gasteiger partial charge in [-0.3, -0.25) is 14.9 Å². The Hall–Kier alpha value is -3.33. The first kappa shape index (κ1) is 23.8. The highest BCUT2D eigenvalue weighted by atomic mass is 79.9. The summed E-state index contributed by atoms with van der Waals surface area (Å²) in [5, 5.41) is 12.8. The van der Waals surface area contributed by atoms with E-state index >= 15 is 0 Å². The Labute approximate surface area is 212 Å². The molecule has 0 aromatic heterocycles. The highest BCUT2D eigenvalue weighted by molar-refractivity contribution is 9.10. The second-order valence-electron chi connectivity index (χ2n) is 7.19. The van der Waals surface area contributed by atoms with E-state index in [1.807, 2.05) is 0 Å². The molecule has 0 bridgehead atoms. The Bertz CT molecular complexity index is 1340. The van der Waals surface area contributed by atoms with Crippen LogP contribution in [0, 0.1) is 0 Å². The number of imide groups is 2. The van der Waals surface area contributed by atoms with Gasteiger partial charge in [-0.15, -0.1) is 0 Å².